The molecule has 2 nitrogen and oxygen atoms in total. The van der Waals surface area contributed by atoms with Crippen molar-refractivity contribution in [1.29, 1.82) is 0 Å². The van der Waals surface area contributed by atoms with E-state index in [1.54, 1.807) is 11.3 Å². The normalized spacial score (nSPS) is 11.0. The van der Waals surface area contributed by atoms with E-state index in [0.29, 0.717) is 0 Å². The molecule has 0 radical (unpaired) electrons. The van der Waals surface area contributed by atoms with Gasteiger partial charge in [0.15, 0.2) is 0 Å². The van der Waals surface area contributed by atoms with Crippen molar-refractivity contribution in [3.63, 3.8) is 0 Å². The number of thiophene rings is 1. The summed E-state index contributed by atoms with van der Waals surface area (Å²) >= 11 is 1.55. The van der Waals surface area contributed by atoms with Crippen LogP contribution in [-0.4, -0.2) is 23.9 Å². The Bertz CT molecular complexity index is 429. The second-order valence-corrected chi connectivity index (χ2v) is 8.41. The summed E-state index contributed by atoms with van der Waals surface area (Å²) < 4.78 is 0. The Morgan fingerprint density at radius 2 is 1.31 bits per heavy atom. The first-order valence-corrected chi connectivity index (χ1v) is 12.0. The smallest absolute Gasteiger partial charge is 0.263 e. The molecule has 1 aromatic heterocycles. The van der Waals surface area contributed by atoms with Gasteiger partial charge >= 0.3 is 0 Å². The number of hydrogen-bond acceptors (Lipinski definition) is 2. The van der Waals surface area contributed by atoms with Gasteiger partial charge in [-0.3, -0.25) is 4.79 Å². The Morgan fingerprint density at radius 3 is 1.73 bits per heavy atom. The van der Waals surface area contributed by atoms with Crippen LogP contribution in [0.1, 0.15) is 113 Å². The predicted molar refractivity (Wildman–Crippen MR) is 116 cm³/mol. The molecule has 0 aromatic carbocycles. The zero-order chi connectivity index (χ0) is 18.9. The predicted octanol–water partition coefficient (Wildman–Crippen LogP) is 7.69. The number of nitrogens with zero attached hydrogens (tertiary/aromatic N) is 1. The molecule has 0 fully saturated rings. The molecule has 0 spiro atoms. The lowest BCUT2D eigenvalue weighted by Crippen LogP contribution is -2.31. The van der Waals surface area contributed by atoms with Crippen LogP contribution in [0.15, 0.2) is 17.5 Å². The van der Waals surface area contributed by atoms with Gasteiger partial charge in [-0.25, -0.2) is 0 Å². The molecule has 0 N–H and O–H groups in total. The second-order valence-electron chi connectivity index (χ2n) is 7.46. The van der Waals surface area contributed by atoms with E-state index in [2.05, 4.69) is 13.8 Å². The zero-order valence-corrected chi connectivity index (χ0v) is 18.1. The van der Waals surface area contributed by atoms with Crippen molar-refractivity contribution >= 4 is 17.2 Å². The van der Waals surface area contributed by atoms with E-state index in [-0.39, 0.29) is 5.91 Å². The van der Waals surface area contributed by atoms with E-state index in [1.807, 2.05) is 22.4 Å². The number of carbonyl (C=O) groups is 1. The highest BCUT2D eigenvalue weighted by molar-refractivity contribution is 7.12. The van der Waals surface area contributed by atoms with Crippen molar-refractivity contribution in [2.45, 2.75) is 104 Å². The lowest BCUT2D eigenvalue weighted by Gasteiger charge is -2.20. The summed E-state index contributed by atoms with van der Waals surface area (Å²) in [5, 5.41) is 1.98. The molecule has 0 bridgehead atoms. The zero-order valence-electron chi connectivity index (χ0n) is 17.3. The molecule has 3 heteroatoms. The third-order valence-electron chi connectivity index (χ3n) is 5.18. The fourth-order valence-corrected chi connectivity index (χ4v) is 4.15. The molecule has 150 valence electrons. The van der Waals surface area contributed by atoms with Gasteiger partial charge in [0.05, 0.1) is 4.88 Å². The van der Waals surface area contributed by atoms with Crippen LogP contribution in [0.4, 0.5) is 0 Å². The molecule has 1 amide bonds. The number of unbranched alkanes of at least 4 members (excludes halogenated alkanes) is 13. The quantitative estimate of drug-likeness (QED) is 0.254. The van der Waals surface area contributed by atoms with Crippen molar-refractivity contribution in [1.82, 2.24) is 4.90 Å². The minimum atomic E-state index is 0.206. The summed E-state index contributed by atoms with van der Waals surface area (Å²) in [6.07, 6.45) is 19.3. The summed E-state index contributed by atoms with van der Waals surface area (Å²) in [6, 6.07) is 3.89. The molecule has 1 heterocycles. The standard InChI is InChI=1S/C23H41NOS/c1-3-5-6-7-8-9-10-11-12-13-14-15-16-17-20-24(4-2)23(25)22-19-18-21-26-22/h18-19,21H,3-17,20H2,1-2H3. The molecule has 0 aliphatic carbocycles. The van der Waals surface area contributed by atoms with Gasteiger partial charge in [-0.1, -0.05) is 96.5 Å². The van der Waals surface area contributed by atoms with Crippen molar-refractivity contribution in [2.75, 3.05) is 13.1 Å². The van der Waals surface area contributed by atoms with Gasteiger partial charge in [0.1, 0.15) is 0 Å². The minimum Gasteiger partial charge on any atom is -0.338 e. The van der Waals surface area contributed by atoms with E-state index in [1.165, 1.54) is 83.5 Å². The Morgan fingerprint density at radius 1 is 0.808 bits per heavy atom. The van der Waals surface area contributed by atoms with Crippen molar-refractivity contribution in [2.24, 2.45) is 0 Å². The second kappa shape index (κ2) is 16.4. The molecular weight excluding hydrogens is 338 g/mol. The van der Waals surface area contributed by atoms with E-state index < -0.39 is 0 Å². The Hall–Kier alpha value is -0.830. The summed E-state index contributed by atoms with van der Waals surface area (Å²) in [7, 11) is 0. The molecule has 1 rings (SSSR count). The van der Waals surface area contributed by atoms with Crippen LogP contribution in [-0.2, 0) is 0 Å². The minimum absolute atomic E-state index is 0.206. The lowest BCUT2D eigenvalue weighted by molar-refractivity contribution is 0.0766. The molecule has 0 aliphatic rings. The van der Waals surface area contributed by atoms with Crippen molar-refractivity contribution < 1.29 is 4.79 Å². The fraction of sp³-hybridized carbons (Fsp3) is 0.783. The molecule has 0 atom stereocenters. The maximum atomic E-state index is 12.3. The van der Waals surface area contributed by atoms with Gasteiger partial charge in [-0.05, 0) is 24.8 Å². The van der Waals surface area contributed by atoms with Gasteiger partial charge < -0.3 is 4.90 Å². The average Bonchev–Trinajstić information content (AvgIpc) is 3.19. The summed E-state index contributed by atoms with van der Waals surface area (Å²) in [4.78, 5) is 15.2. The van der Waals surface area contributed by atoms with Gasteiger partial charge in [-0.15, -0.1) is 11.3 Å². The first kappa shape index (κ1) is 23.2. The van der Waals surface area contributed by atoms with Crippen LogP contribution in [0, 0.1) is 0 Å². The van der Waals surface area contributed by atoms with Crippen LogP contribution in [0.3, 0.4) is 0 Å². The highest BCUT2D eigenvalue weighted by atomic mass is 32.1. The monoisotopic (exact) mass is 379 g/mol. The molecular formula is C23H41NOS. The summed E-state index contributed by atoms with van der Waals surface area (Å²) in [5.41, 5.74) is 0. The summed E-state index contributed by atoms with van der Waals surface area (Å²) in [6.45, 7) is 6.08. The first-order chi connectivity index (χ1) is 12.8. The van der Waals surface area contributed by atoms with Crippen LogP contribution >= 0.6 is 11.3 Å². The third kappa shape index (κ3) is 11.0. The lowest BCUT2D eigenvalue weighted by atomic mass is 10.0. The van der Waals surface area contributed by atoms with Gasteiger partial charge in [-0.2, -0.15) is 0 Å². The van der Waals surface area contributed by atoms with Gasteiger partial charge in [0.2, 0.25) is 0 Å². The van der Waals surface area contributed by atoms with Gasteiger partial charge in [0.25, 0.3) is 5.91 Å². The highest BCUT2D eigenvalue weighted by Gasteiger charge is 2.14. The number of amides is 1. The summed E-state index contributed by atoms with van der Waals surface area (Å²) in [5.74, 6) is 0.206. The first-order valence-electron chi connectivity index (χ1n) is 11.1. The molecule has 0 aliphatic heterocycles. The Labute approximate surface area is 166 Å². The molecule has 0 unspecified atom stereocenters. The Kier molecular flexibility index (Phi) is 14.6. The number of rotatable bonds is 17. The van der Waals surface area contributed by atoms with E-state index >= 15 is 0 Å². The van der Waals surface area contributed by atoms with E-state index in [0.717, 1.165) is 24.4 Å². The highest BCUT2D eigenvalue weighted by Crippen LogP contribution is 2.15. The SMILES string of the molecule is CCCCCCCCCCCCCCCCN(CC)C(=O)c1cccs1. The van der Waals surface area contributed by atoms with Gasteiger partial charge in [0, 0.05) is 13.1 Å². The van der Waals surface area contributed by atoms with Crippen LogP contribution < -0.4 is 0 Å². The molecule has 1 aromatic rings. The number of hydrogen-bond donors (Lipinski definition) is 0. The molecule has 0 saturated heterocycles. The average molecular weight is 380 g/mol. The molecule has 0 saturated carbocycles. The van der Waals surface area contributed by atoms with Crippen molar-refractivity contribution in [3.05, 3.63) is 22.4 Å². The maximum Gasteiger partial charge on any atom is 0.263 e. The third-order valence-corrected chi connectivity index (χ3v) is 6.04. The number of carbonyl (C=O) groups excluding carboxylic acids is 1. The fourth-order valence-electron chi connectivity index (χ4n) is 3.46. The van der Waals surface area contributed by atoms with Crippen molar-refractivity contribution in [3.8, 4) is 0 Å². The van der Waals surface area contributed by atoms with Crippen LogP contribution in [0.5, 0.6) is 0 Å². The molecule has 26 heavy (non-hydrogen) atoms. The largest absolute Gasteiger partial charge is 0.338 e. The topological polar surface area (TPSA) is 20.3 Å². The Balaban J connectivity index is 1.89. The van der Waals surface area contributed by atoms with Crippen LogP contribution in [0.2, 0.25) is 0 Å². The van der Waals surface area contributed by atoms with E-state index in [4.69, 9.17) is 0 Å². The maximum absolute atomic E-state index is 12.3. The van der Waals surface area contributed by atoms with Crippen LogP contribution in [0.25, 0.3) is 0 Å². The van der Waals surface area contributed by atoms with E-state index in [9.17, 15) is 4.79 Å².